The van der Waals surface area contributed by atoms with Gasteiger partial charge in [-0.25, -0.2) is 0 Å². The van der Waals surface area contributed by atoms with Crippen molar-refractivity contribution in [1.29, 1.82) is 0 Å². The Morgan fingerprint density at radius 2 is 0.719 bits per heavy atom. The predicted octanol–water partition coefficient (Wildman–Crippen LogP) is 15.2. The molecule has 12 rings (SSSR count). The molecule has 0 saturated carbocycles. The smallest absolute Gasteiger partial charge is 0.0541 e. The van der Waals surface area contributed by atoms with E-state index in [9.17, 15) is 0 Å². The van der Waals surface area contributed by atoms with Crippen molar-refractivity contribution in [3.8, 4) is 44.8 Å². The lowest BCUT2D eigenvalue weighted by molar-refractivity contribution is 1.18. The van der Waals surface area contributed by atoms with E-state index < -0.39 is 0 Å². The molecule has 3 heteroatoms. The van der Waals surface area contributed by atoms with E-state index in [1.54, 1.807) is 0 Å². The van der Waals surface area contributed by atoms with Crippen molar-refractivity contribution in [1.82, 2.24) is 9.13 Å². The third kappa shape index (κ3) is 5.03. The summed E-state index contributed by atoms with van der Waals surface area (Å²) in [7, 11) is 0. The van der Waals surface area contributed by atoms with Crippen LogP contribution in [0.25, 0.3) is 109 Å². The maximum absolute atomic E-state index is 2.41. The molecule has 0 aliphatic heterocycles. The number of rotatable bonds is 5. The molecule has 0 saturated heterocycles. The highest BCUT2D eigenvalue weighted by Crippen LogP contribution is 2.43. The first-order valence-electron chi connectivity index (χ1n) is 19.5. The van der Waals surface area contributed by atoms with Crippen LogP contribution in [0.5, 0.6) is 0 Å². The maximum Gasteiger partial charge on any atom is 0.0541 e. The van der Waals surface area contributed by atoms with Gasteiger partial charge in [0.05, 0.1) is 22.1 Å². The molecule has 0 amide bonds. The fraction of sp³-hybridized carbons (Fsp3) is 0. The molecule has 266 valence electrons. The van der Waals surface area contributed by atoms with Crippen molar-refractivity contribution < 1.29 is 0 Å². The monoisotopic (exact) mass is 742 g/mol. The topological polar surface area (TPSA) is 9.86 Å². The van der Waals surface area contributed by atoms with Gasteiger partial charge in [0.2, 0.25) is 0 Å². The zero-order chi connectivity index (χ0) is 37.5. The molecule has 0 fully saturated rings. The lowest BCUT2D eigenvalue weighted by atomic mass is 9.97. The zero-order valence-corrected chi connectivity index (χ0v) is 31.7. The molecule has 0 aliphatic rings. The molecule has 0 N–H and O–H groups in total. The van der Waals surface area contributed by atoms with Gasteiger partial charge in [0.1, 0.15) is 0 Å². The summed E-state index contributed by atoms with van der Waals surface area (Å²) in [5.41, 5.74) is 14.6. The van der Waals surface area contributed by atoms with Crippen LogP contribution in [-0.4, -0.2) is 9.13 Å². The highest BCUT2D eigenvalue weighted by atomic mass is 32.1. The minimum Gasteiger partial charge on any atom is -0.309 e. The van der Waals surface area contributed by atoms with E-state index in [2.05, 4.69) is 215 Å². The predicted molar refractivity (Wildman–Crippen MR) is 244 cm³/mol. The summed E-state index contributed by atoms with van der Waals surface area (Å²) in [5.74, 6) is 0. The molecule has 0 atom stereocenters. The molecule has 0 unspecified atom stereocenters. The second kappa shape index (κ2) is 12.7. The van der Waals surface area contributed by atoms with Crippen molar-refractivity contribution in [2.24, 2.45) is 0 Å². The van der Waals surface area contributed by atoms with Crippen molar-refractivity contribution in [2.45, 2.75) is 0 Å². The first-order chi connectivity index (χ1) is 28.3. The minimum atomic E-state index is 1.16. The third-order valence-electron chi connectivity index (χ3n) is 11.7. The van der Waals surface area contributed by atoms with Crippen LogP contribution in [0, 0.1) is 0 Å². The van der Waals surface area contributed by atoms with Gasteiger partial charge in [0, 0.05) is 53.1 Å². The largest absolute Gasteiger partial charge is 0.309 e. The highest BCUT2D eigenvalue weighted by Gasteiger charge is 2.17. The Balaban J connectivity index is 0.975. The number of hydrogen-bond donors (Lipinski definition) is 0. The van der Waals surface area contributed by atoms with Crippen LogP contribution in [-0.2, 0) is 0 Å². The lowest BCUT2D eigenvalue weighted by Crippen LogP contribution is -1.93. The van der Waals surface area contributed by atoms with E-state index in [1.165, 1.54) is 103 Å². The number of benzene rings is 9. The van der Waals surface area contributed by atoms with Crippen LogP contribution in [0.3, 0.4) is 0 Å². The average Bonchev–Trinajstić information content (AvgIpc) is 3.94. The van der Waals surface area contributed by atoms with Gasteiger partial charge >= 0.3 is 0 Å². The standard InChI is InChI=1S/C54H34N2S/c1-3-12-40(13-4-1)55-49-20-9-7-16-43(49)46-32-37(26-29-50(46)55)35-22-24-36(25-23-35)38-27-30-51-47(33-38)48-34-39(28-31-52(48)56(51)41-14-5-2-6-15-41)42-18-11-19-45-44-17-8-10-21-53(44)57-54(42)45/h1-34H. The summed E-state index contributed by atoms with van der Waals surface area (Å²) >= 11 is 1.89. The Morgan fingerprint density at radius 3 is 1.33 bits per heavy atom. The number of hydrogen-bond acceptors (Lipinski definition) is 1. The average molecular weight is 743 g/mol. The molecule has 0 aliphatic carbocycles. The van der Waals surface area contributed by atoms with Crippen LogP contribution in [0.1, 0.15) is 0 Å². The van der Waals surface area contributed by atoms with Gasteiger partial charge in [-0.15, -0.1) is 11.3 Å². The SMILES string of the molecule is c1ccc(-n2c3ccccc3c3cc(-c4ccc(-c5ccc6c(c5)c5cc(-c7cccc8c7sc7ccccc78)ccc5n6-c5ccccc5)cc4)ccc32)cc1. The number of para-hydroxylation sites is 3. The van der Waals surface area contributed by atoms with E-state index in [0.29, 0.717) is 0 Å². The van der Waals surface area contributed by atoms with Gasteiger partial charge in [0.15, 0.2) is 0 Å². The van der Waals surface area contributed by atoms with Crippen LogP contribution in [0.4, 0.5) is 0 Å². The molecule has 3 heterocycles. The third-order valence-corrected chi connectivity index (χ3v) is 13.0. The molecule has 0 radical (unpaired) electrons. The van der Waals surface area contributed by atoms with Gasteiger partial charge in [-0.2, -0.15) is 0 Å². The maximum atomic E-state index is 2.41. The van der Waals surface area contributed by atoms with Crippen molar-refractivity contribution in [2.75, 3.05) is 0 Å². The molecule has 2 nitrogen and oxygen atoms in total. The number of thiophene rings is 1. The first-order valence-corrected chi connectivity index (χ1v) is 20.3. The van der Waals surface area contributed by atoms with E-state index in [-0.39, 0.29) is 0 Å². The van der Waals surface area contributed by atoms with Gasteiger partial charge in [-0.3, -0.25) is 0 Å². The van der Waals surface area contributed by atoms with E-state index >= 15 is 0 Å². The summed E-state index contributed by atoms with van der Waals surface area (Å²) in [6.07, 6.45) is 0. The second-order valence-electron chi connectivity index (χ2n) is 14.9. The van der Waals surface area contributed by atoms with E-state index in [4.69, 9.17) is 0 Å². The molecule has 0 spiro atoms. The van der Waals surface area contributed by atoms with Crippen LogP contribution < -0.4 is 0 Å². The summed E-state index contributed by atoms with van der Waals surface area (Å²) < 4.78 is 7.45. The highest BCUT2D eigenvalue weighted by molar-refractivity contribution is 7.26. The van der Waals surface area contributed by atoms with Gasteiger partial charge in [0.25, 0.3) is 0 Å². The normalized spacial score (nSPS) is 11.9. The Hall–Kier alpha value is -7.20. The molecule has 12 aromatic rings. The van der Waals surface area contributed by atoms with Gasteiger partial charge < -0.3 is 9.13 Å². The van der Waals surface area contributed by atoms with Crippen molar-refractivity contribution >= 4 is 75.1 Å². The Bertz CT molecular complexity index is 3490. The summed E-state index contributed by atoms with van der Waals surface area (Å²) in [6, 6.07) is 75.6. The van der Waals surface area contributed by atoms with Crippen LogP contribution in [0.2, 0.25) is 0 Å². The fourth-order valence-corrected chi connectivity index (χ4v) is 10.3. The quantitative estimate of drug-likeness (QED) is 0.166. The van der Waals surface area contributed by atoms with Crippen LogP contribution >= 0.6 is 11.3 Å². The molecule has 9 aromatic carbocycles. The van der Waals surface area contributed by atoms with Crippen LogP contribution in [0.15, 0.2) is 206 Å². The number of nitrogens with zero attached hydrogens (tertiary/aromatic N) is 2. The van der Waals surface area contributed by atoms with Crippen molar-refractivity contribution in [3.05, 3.63) is 206 Å². The fourth-order valence-electron chi connectivity index (χ4n) is 9.06. The van der Waals surface area contributed by atoms with Crippen molar-refractivity contribution in [3.63, 3.8) is 0 Å². The summed E-state index contributed by atoms with van der Waals surface area (Å²) in [4.78, 5) is 0. The Kier molecular flexibility index (Phi) is 7.13. The minimum absolute atomic E-state index is 1.16. The zero-order valence-electron chi connectivity index (χ0n) is 30.9. The molecule has 3 aromatic heterocycles. The molecular formula is C54H34N2S. The number of aromatic nitrogens is 2. The van der Waals surface area contributed by atoms with E-state index in [1.807, 2.05) is 11.3 Å². The first kappa shape index (κ1) is 32.1. The van der Waals surface area contributed by atoms with Gasteiger partial charge in [-0.05, 0) is 106 Å². The summed E-state index contributed by atoms with van der Waals surface area (Å²) in [5, 5.41) is 7.69. The lowest BCUT2D eigenvalue weighted by Gasteiger charge is -2.09. The Morgan fingerprint density at radius 1 is 0.281 bits per heavy atom. The van der Waals surface area contributed by atoms with Gasteiger partial charge in [-0.1, -0.05) is 133 Å². The summed E-state index contributed by atoms with van der Waals surface area (Å²) in [6.45, 7) is 0. The molecule has 0 bridgehead atoms. The Labute approximate surface area is 333 Å². The molecular weight excluding hydrogens is 709 g/mol. The molecule has 57 heavy (non-hydrogen) atoms. The van der Waals surface area contributed by atoms with E-state index in [0.717, 1.165) is 5.69 Å². The number of fused-ring (bicyclic) bond motifs is 9. The second-order valence-corrected chi connectivity index (χ2v) is 16.0.